The quantitative estimate of drug-likeness (QED) is 0.849. The summed E-state index contributed by atoms with van der Waals surface area (Å²) in [6.07, 6.45) is 6.34. The largest absolute Gasteiger partial charge is 0.448 e. The molecule has 1 unspecified atom stereocenters. The first-order valence-electron chi connectivity index (χ1n) is 8.30. The molecule has 0 aliphatic carbocycles. The van der Waals surface area contributed by atoms with Crippen molar-refractivity contribution in [3.63, 3.8) is 0 Å². The first-order valence-corrected chi connectivity index (χ1v) is 8.30. The lowest BCUT2D eigenvalue weighted by molar-refractivity contribution is 0.229. The third-order valence-corrected chi connectivity index (χ3v) is 4.96. The highest BCUT2D eigenvalue weighted by atomic mass is 16.3. The van der Waals surface area contributed by atoms with Crippen LogP contribution in [0.4, 0.5) is 10.5 Å². The Morgan fingerprint density at radius 1 is 1.33 bits per heavy atom. The normalized spacial score (nSPS) is 22.1. The Bertz CT molecular complexity index is 739. The summed E-state index contributed by atoms with van der Waals surface area (Å²) in [6, 6.07) is 0.380. The fourth-order valence-electron chi connectivity index (χ4n) is 3.42. The van der Waals surface area contributed by atoms with Crippen molar-refractivity contribution in [2.75, 3.05) is 38.1 Å². The summed E-state index contributed by atoms with van der Waals surface area (Å²) in [5.74, 6) is 0.886. The number of likely N-dealkylation sites (N-methyl/N-ethyl adjacent to an activating group) is 1. The van der Waals surface area contributed by atoms with Crippen LogP contribution in [0.3, 0.4) is 0 Å². The number of anilines is 1. The van der Waals surface area contributed by atoms with E-state index in [1.54, 1.807) is 16.0 Å². The number of hydrogen-bond acceptors (Lipinski definition) is 5. The molecule has 0 N–H and O–H groups in total. The van der Waals surface area contributed by atoms with Crippen molar-refractivity contribution in [3.8, 4) is 0 Å². The number of carbonyl (C=O) groups excluding carboxylic acids is 1. The highest BCUT2D eigenvalue weighted by molar-refractivity contribution is 5.93. The first-order chi connectivity index (χ1) is 11.6. The van der Waals surface area contributed by atoms with Crippen LogP contribution in [-0.2, 0) is 6.54 Å². The van der Waals surface area contributed by atoms with E-state index >= 15 is 0 Å². The van der Waals surface area contributed by atoms with Gasteiger partial charge in [0.15, 0.2) is 6.39 Å². The van der Waals surface area contributed by atoms with E-state index in [9.17, 15) is 4.79 Å². The molecule has 4 rings (SSSR count). The van der Waals surface area contributed by atoms with E-state index in [2.05, 4.69) is 15.0 Å². The van der Waals surface area contributed by atoms with Crippen LogP contribution in [0, 0.1) is 6.92 Å². The van der Waals surface area contributed by atoms with Crippen molar-refractivity contribution in [2.24, 2.45) is 0 Å². The predicted octanol–water partition coefficient (Wildman–Crippen LogP) is 1.50. The summed E-state index contributed by atoms with van der Waals surface area (Å²) in [6.45, 7) is 6.18. The molecule has 2 fully saturated rings. The van der Waals surface area contributed by atoms with Crippen LogP contribution in [0.25, 0.3) is 0 Å². The fourth-order valence-corrected chi connectivity index (χ4v) is 3.42. The molecule has 2 saturated heterocycles. The molecule has 1 atom stereocenters. The molecule has 0 radical (unpaired) electrons. The lowest BCUT2D eigenvalue weighted by atomic mass is 10.3. The number of oxazole rings is 1. The number of carbonyl (C=O) groups is 1. The van der Waals surface area contributed by atoms with Gasteiger partial charge in [0.25, 0.3) is 0 Å². The average Bonchev–Trinajstić information content (AvgIpc) is 3.32. The Morgan fingerprint density at radius 2 is 2.21 bits per heavy atom. The lowest BCUT2D eigenvalue weighted by Gasteiger charge is -2.15. The van der Waals surface area contributed by atoms with E-state index in [1.807, 2.05) is 24.9 Å². The van der Waals surface area contributed by atoms with Crippen LogP contribution in [0.1, 0.15) is 23.9 Å². The maximum Gasteiger partial charge on any atom is 0.324 e. The van der Waals surface area contributed by atoms with Crippen LogP contribution in [0.2, 0.25) is 0 Å². The van der Waals surface area contributed by atoms with E-state index in [4.69, 9.17) is 4.42 Å². The Morgan fingerprint density at radius 3 is 2.92 bits per heavy atom. The summed E-state index contributed by atoms with van der Waals surface area (Å²) in [7, 11) is 1.83. The summed E-state index contributed by atoms with van der Waals surface area (Å²) >= 11 is 0. The number of rotatable bonds is 4. The summed E-state index contributed by atoms with van der Waals surface area (Å²) in [4.78, 5) is 22.2. The van der Waals surface area contributed by atoms with Gasteiger partial charge in [0.05, 0.1) is 23.6 Å². The summed E-state index contributed by atoms with van der Waals surface area (Å²) in [5.41, 5.74) is 1.89. The van der Waals surface area contributed by atoms with Crippen molar-refractivity contribution in [2.45, 2.75) is 25.9 Å². The number of hydrogen-bond donors (Lipinski definition) is 0. The highest BCUT2D eigenvalue weighted by Crippen LogP contribution is 2.26. The Kier molecular flexibility index (Phi) is 3.76. The topological polar surface area (TPSA) is 70.6 Å². The zero-order valence-electron chi connectivity index (χ0n) is 14.1. The molecule has 0 saturated carbocycles. The Balaban J connectivity index is 1.41. The second kappa shape index (κ2) is 5.94. The van der Waals surface area contributed by atoms with Gasteiger partial charge in [-0.1, -0.05) is 0 Å². The zero-order valence-corrected chi connectivity index (χ0v) is 14.1. The minimum absolute atomic E-state index is 0.0455. The van der Waals surface area contributed by atoms with Gasteiger partial charge in [-0.25, -0.2) is 9.78 Å². The van der Waals surface area contributed by atoms with E-state index in [0.717, 1.165) is 56.3 Å². The van der Waals surface area contributed by atoms with Gasteiger partial charge in [0, 0.05) is 46.0 Å². The third-order valence-electron chi connectivity index (χ3n) is 4.96. The monoisotopic (exact) mass is 330 g/mol. The van der Waals surface area contributed by atoms with Gasteiger partial charge in [-0.2, -0.15) is 5.10 Å². The van der Waals surface area contributed by atoms with Crippen LogP contribution >= 0.6 is 0 Å². The number of nitrogens with zero attached hydrogens (tertiary/aromatic N) is 6. The second-order valence-electron chi connectivity index (χ2n) is 6.57. The van der Waals surface area contributed by atoms with Crippen LogP contribution in [0.15, 0.2) is 23.2 Å². The first kappa shape index (κ1) is 15.2. The van der Waals surface area contributed by atoms with Crippen LogP contribution in [0.5, 0.6) is 0 Å². The van der Waals surface area contributed by atoms with Gasteiger partial charge in [0.1, 0.15) is 5.76 Å². The van der Waals surface area contributed by atoms with E-state index in [-0.39, 0.29) is 6.03 Å². The van der Waals surface area contributed by atoms with Crippen LogP contribution in [-0.4, -0.2) is 63.8 Å². The predicted molar refractivity (Wildman–Crippen MR) is 87.8 cm³/mol. The molecular weight excluding hydrogens is 308 g/mol. The molecular formula is C16H22N6O2. The van der Waals surface area contributed by atoms with Crippen molar-refractivity contribution >= 4 is 11.7 Å². The Labute approximate surface area is 140 Å². The van der Waals surface area contributed by atoms with Gasteiger partial charge >= 0.3 is 6.03 Å². The van der Waals surface area contributed by atoms with Crippen LogP contribution < -0.4 is 4.90 Å². The minimum Gasteiger partial charge on any atom is -0.448 e. The van der Waals surface area contributed by atoms with Gasteiger partial charge in [-0.3, -0.25) is 14.5 Å². The molecule has 0 spiro atoms. The van der Waals surface area contributed by atoms with Gasteiger partial charge in [-0.05, 0) is 13.3 Å². The smallest absolute Gasteiger partial charge is 0.324 e. The van der Waals surface area contributed by atoms with E-state index in [0.29, 0.717) is 6.04 Å². The fraction of sp³-hybridized carbons (Fsp3) is 0.562. The molecule has 4 heterocycles. The second-order valence-corrected chi connectivity index (χ2v) is 6.57. The molecule has 128 valence electrons. The lowest BCUT2D eigenvalue weighted by Crippen LogP contribution is -2.28. The number of aryl methyl sites for hydroxylation is 1. The van der Waals surface area contributed by atoms with E-state index < -0.39 is 0 Å². The molecule has 8 heteroatoms. The van der Waals surface area contributed by atoms with Crippen molar-refractivity contribution in [1.82, 2.24) is 24.6 Å². The van der Waals surface area contributed by atoms with Gasteiger partial charge < -0.3 is 9.32 Å². The minimum atomic E-state index is 0.0455. The van der Waals surface area contributed by atoms with Gasteiger partial charge in [-0.15, -0.1) is 0 Å². The standard InChI is InChI=1S/C16H22N6O2/c1-12-15(17-11-24-12)10-20-4-3-13(8-20)22-9-14(7-18-22)21-6-5-19(2)16(21)23/h7,9,11,13H,3-6,8,10H2,1-2H3. The molecule has 0 bridgehead atoms. The van der Waals surface area contributed by atoms with Crippen molar-refractivity contribution < 1.29 is 9.21 Å². The number of amides is 2. The molecule has 0 aromatic carbocycles. The molecule has 8 nitrogen and oxygen atoms in total. The number of aromatic nitrogens is 3. The third kappa shape index (κ3) is 2.66. The number of likely N-dealkylation sites (tertiary alicyclic amines) is 1. The summed E-state index contributed by atoms with van der Waals surface area (Å²) < 4.78 is 7.27. The molecule has 2 amide bonds. The maximum atomic E-state index is 12.1. The average molecular weight is 330 g/mol. The molecule has 2 aliphatic heterocycles. The molecule has 2 aliphatic rings. The van der Waals surface area contributed by atoms with Crippen molar-refractivity contribution in [1.29, 1.82) is 0 Å². The highest BCUT2D eigenvalue weighted by Gasteiger charge is 2.29. The van der Waals surface area contributed by atoms with Crippen molar-refractivity contribution in [3.05, 3.63) is 30.2 Å². The maximum absolute atomic E-state index is 12.1. The van der Waals surface area contributed by atoms with E-state index in [1.165, 1.54) is 6.39 Å². The van der Waals surface area contributed by atoms with Gasteiger partial charge in [0.2, 0.25) is 0 Å². The zero-order chi connectivity index (χ0) is 16.7. The SMILES string of the molecule is Cc1ocnc1CN1CCC(n2cc(N3CCN(C)C3=O)cn2)C1. The number of urea groups is 1. The summed E-state index contributed by atoms with van der Waals surface area (Å²) in [5, 5.41) is 4.49. The molecule has 2 aromatic heterocycles. The Hall–Kier alpha value is -2.35. The molecule has 2 aromatic rings. The molecule has 24 heavy (non-hydrogen) atoms.